The summed E-state index contributed by atoms with van der Waals surface area (Å²) in [5.41, 5.74) is 2.58. The molecule has 26 heavy (non-hydrogen) atoms. The number of nitrogens with zero attached hydrogens (tertiary/aromatic N) is 1. The molecule has 140 valence electrons. The van der Waals surface area contributed by atoms with Crippen LogP contribution < -0.4 is 10.1 Å². The Bertz CT molecular complexity index is 719. The van der Waals surface area contributed by atoms with Gasteiger partial charge in [-0.25, -0.2) is 4.79 Å². The predicted molar refractivity (Wildman–Crippen MR) is 91.9 cm³/mol. The molecule has 0 unspecified atom stereocenters. The van der Waals surface area contributed by atoms with E-state index in [1.165, 1.54) is 0 Å². The van der Waals surface area contributed by atoms with E-state index in [2.05, 4.69) is 10.5 Å². The van der Waals surface area contributed by atoms with Gasteiger partial charge in [0.2, 0.25) is 5.91 Å². The van der Waals surface area contributed by atoms with Crippen molar-refractivity contribution in [1.82, 2.24) is 10.5 Å². The third kappa shape index (κ3) is 6.21. The van der Waals surface area contributed by atoms with Gasteiger partial charge >= 0.3 is 5.97 Å². The van der Waals surface area contributed by atoms with E-state index in [-0.39, 0.29) is 32.1 Å². The molecule has 2 aromatic rings. The molecule has 0 saturated carbocycles. The van der Waals surface area contributed by atoms with Crippen molar-refractivity contribution in [1.29, 1.82) is 0 Å². The molecule has 1 aromatic carbocycles. The van der Waals surface area contributed by atoms with Gasteiger partial charge in [-0.3, -0.25) is 4.79 Å². The van der Waals surface area contributed by atoms with Crippen LogP contribution in [0.4, 0.5) is 0 Å². The first kappa shape index (κ1) is 19.5. The lowest BCUT2D eigenvalue weighted by atomic mass is 10.1. The van der Waals surface area contributed by atoms with Gasteiger partial charge in [0.15, 0.2) is 0 Å². The summed E-state index contributed by atoms with van der Waals surface area (Å²) in [7, 11) is 0. The SMILES string of the molecule is Cc1noc(C)c1COc1ccc(CC(=O)NCCOCC(=O)O)cc1. The monoisotopic (exact) mass is 362 g/mol. The van der Waals surface area contributed by atoms with Crippen molar-refractivity contribution in [3.63, 3.8) is 0 Å². The molecule has 0 atom stereocenters. The fourth-order valence-corrected chi connectivity index (χ4v) is 2.24. The molecule has 0 bridgehead atoms. The molecule has 0 aliphatic rings. The first-order valence-electron chi connectivity index (χ1n) is 8.15. The summed E-state index contributed by atoms with van der Waals surface area (Å²) in [5.74, 6) is 0.237. The minimum Gasteiger partial charge on any atom is -0.489 e. The second-order valence-electron chi connectivity index (χ2n) is 5.71. The van der Waals surface area contributed by atoms with Crippen molar-refractivity contribution in [2.24, 2.45) is 0 Å². The normalized spacial score (nSPS) is 10.5. The van der Waals surface area contributed by atoms with Crippen LogP contribution in [-0.2, 0) is 27.4 Å². The molecule has 0 saturated heterocycles. The zero-order valence-electron chi connectivity index (χ0n) is 14.8. The van der Waals surface area contributed by atoms with Gasteiger partial charge < -0.3 is 24.4 Å². The zero-order chi connectivity index (χ0) is 18.9. The quantitative estimate of drug-likeness (QED) is 0.618. The molecule has 0 aliphatic carbocycles. The number of aromatic nitrogens is 1. The van der Waals surface area contributed by atoms with Gasteiger partial charge in [-0.1, -0.05) is 17.3 Å². The molecule has 0 aliphatic heterocycles. The summed E-state index contributed by atoms with van der Waals surface area (Å²) >= 11 is 0. The van der Waals surface area contributed by atoms with E-state index in [9.17, 15) is 9.59 Å². The number of carboxylic acids is 1. The predicted octanol–water partition coefficient (Wildman–Crippen LogP) is 1.63. The largest absolute Gasteiger partial charge is 0.489 e. The average Bonchev–Trinajstić information content (AvgIpc) is 2.92. The van der Waals surface area contributed by atoms with Gasteiger partial charge in [0.05, 0.1) is 24.3 Å². The number of amides is 1. The van der Waals surface area contributed by atoms with Crippen LogP contribution in [0.25, 0.3) is 0 Å². The maximum atomic E-state index is 11.8. The number of nitrogens with one attached hydrogen (secondary N) is 1. The topological polar surface area (TPSA) is 111 Å². The molecular formula is C18H22N2O6. The first-order chi connectivity index (χ1) is 12.5. The van der Waals surface area contributed by atoms with Crippen molar-refractivity contribution < 1.29 is 28.7 Å². The number of carboxylic acid groups (broad SMARTS) is 1. The molecule has 2 N–H and O–H groups in total. The molecule has 8 heteroatoms. The summed E-state index contributed by atoms with van der Waals surface area (Å²) in [4.78, 5) is 22.1. The van der Waals surface area contributed by atoms with Crippen molar-refractivity contribution in [2.75, 3.05) is 19.8 Å². The van der Waals surface area contributed by atoms with Crippen LogP contribution in [0.2, 0.25) is 0 Å². The van der Waals surface area contributed by atoms with Gasteiger partial charge in [0.1, 0.15) is 24.7 Å². The van der Waals surface area contributed by atoms with Crippen LogP contribution in [-0.4, -0.2) is 41.9 Å². The maximum Gasteiger partial charge on any atom is 0.329 e. The lowest BCUT2D eigenvalue weighted by Gasteiger charge is -2.08. The number of ether oxygens (including phenoxy) is 2. The Morgan fingerprint density at radius 2 is 1.96 bits per heavy atom. The number of hydrogen-bond acceptors (Lipinski definition) is 6. The first-order valence-corrected chi connectivity index (χ1v) is 8.15. The molecule has 2 rings (SSSR count). The molecule has 1 heterocycles. The number of hydrogen-bond donors (Lipinski definition) is 2. The minimum atomic E-state index is -1.03. The van der Waals surface area contributed by atoms with E-state index in [0.29, 0.717) is 12.4 Å². The van der Waals surface area contributed by atoms with Crippen LogP contribution in [0, 0.1) is 13.8 Å². The highest BCUT2D eigenvalue weighted by Gasteiger charge is 2.10. The van der Waals surface area contributed by atoms with Gasteiger partial charge in [-0.15, -0.1) is 0 Å². The van der Waals surface area contributed by atoms with E-state index >= 15 is 0 Å². The minimum absolute atomic E-state index is 0.159. The Balaban J connectivity index is 1.73. The molecular weight excluding hydrogens is 340 g/mol. The second-order valence-corrected chi connectivity index (χ2v) is 5.71. The number of rotatable bonds is 10. The van der Waals surface area contributed by atoms with Crippen molar-refractivity contribution in [3.05, 3.63) is 46.8 Å². The lowest BCUT2D eigenvalue weighted by molar-refractivity contribution is -0.142. The van der Waals surface area contributed by atoms with Gasteiger partial charge in [0.25, 0.3) is 0 Å². The molecule has 1 amide bonds. The number of aryl methyl sites for hydroxylation is 2. The van der Waals surface area contributed by atoms with Crippen LogP contribution >= 0.6 is 0 Å². The molecule has 0 spiro atoms. The maximum absolute atomic E-state index is 11.8. The van der Waals surface area contributed by atoms with E-state index in [0.717, 1.165) is 22.6 Å². The van der Waals surface area contributed by atoms with E-state index in [4.69, 9.17) is 19.1 Å². The summed E-state index contributed by atoms with van der Waals surface area (Å²) < 4.78 is 15.7. The Hall–Kier alpha value is -2.87. The summed E-state index contributed by atoms with van der Waals surface area (Å²) in [6.07, 6.45) is 0.225. The smallest absolute Gasteiger partial charge is 0.329 e. The number of carbonyl (C=O) groups is 2. The number of benzene rings is 1. The lowest BCUT2D eigenvalue weighted by Crippen LogP contribution is -2.29. The zero-order valence-corrected chi connectivity index (χ0v) is 14.8. The van der Waals surface area contributed by atoms with E-state index in [1.54, 1.807) is 12.1 Å². The standard InChI is InChI=1S/C18H22N2O6/c1-12-16(13(2)26-20-12)10-25-15-5-3-14(4-6-15)9-17(21)19-7-8-24-11-18(22)23/h3-6H,7-11H2,1-2H3,(H,19,21)(H,22,23). The highest BCUT2D eigenvalue weighted by atomic mass is 16.5. The third-order valence-corrected chi connectivity index (χ3v) is 3.65. The van der Waals surface area contributed by atoms with Crippen LogP contribution in [0.3, 0.4) is 0 Å². The van der Waals surface area contributed by atoms with Crippen molar-refractivity contribution in [3.8, 4) is 5.75 Å². The Morgan fingerprint density at radius 1 is 1.23 bits per heavy atom. The van der Waals surface area contributed by atoms with Crippen LogP contribution in [0.5, 0.6) is 5.75 Å². The Morgan fingerprint density at radius 3 is 2.58 bits per heavy atom. The van der Waals surface area contributed by atoms with E-state index in [1.807, 2.05) is 26.0 Å². The molecule has 0 radical (unpaired) electrons. The van der Waals surface area contributed by atoms with Crippen molar-refractivity contribution >= 4 is 11.9 Å². The fraction of sp³-hybridized carbons (Fsp3) is 0.389. The van der Waals surface area contributed by atoms with E-state index < -0.39 is 5.97 Å². The fourth-order valence-electron chi connectivity index (χ4n) is 2.24. The number of aliphatic carboxylic acids is 1. The summed E-state index contributed by atoms with van der Waals surface area (Å²) in [6.45, 7) is 4.14. The van der Waals surface area contributed by atoms with Gasteiger partial charge in [-0.05, 0) is 31.5 Å². The number of carbonyl (C=O) groups excluding carboxylic acids is 1. The van der Waals surface area contributed by atoms with Gasteiger partial charge in [0, 0.05) is 6.54 Å². The molecule has 8 nitrogen and oxygen atoms in total. The van der Waals surface area contributed by atoms with Crippen LogP contribution in [0.1, 0.15) is 22.6 Å². The highest BCUT2D eigenvalue weighted by molar-refractivity contribution is 5.78. The Labute approximate surface area is 151 Å². The average molecular weight is 362 g/mol. The highest BCUT2D eigenvalue weighted by Crippen LogP contribution is 2.18. The third-order valence-electron chi connectivity index (χ3n) is 3.65. The Kier molecular flexibility index (Phi) is 7.16. The van der Waals surface area contributed by atoms with Crippen molar-refractivity contribution in [2.45, 2.75) is 26.9 Å². The second kappa shape index (κ2) is 9.57. The summed E-state index contributed by atoms with van der Waals surface area (Å²) in [6, 6.07) is 7.25. The molecule has 0 fully saturated rings. The molecule has 1 aromatic heterocycles. The summed E-state index contributed by atoms with van der Waals surface area (Å²) in [5, 5.41) is 15.0. The van der Waals surface area contributed by atoms with Gasteiger partial charge in [-0.2, -0.15) is 0 Å². The van der Waals surface area contributed by atoms with Crippen LogP contribution in [0.15, 0.2) is 28.8 Å².